The molecule has 0 atom stereocenters. The average molecular weight is 446 g/mol. The van der Waals surface area contributed by atoms with Crippen molar-refractivity contribution in [3.05, 3.63) is 69.6 Å². The van der Waals surface area contributed by atoms with Gasteiger partial charge in [0.15, 0.2) is 0 Å². The first kappa shape index (κ1) is 18.5. The first-order chi connectivity index (χ1) is 13.5. The van der Waals surface area contributed by atoms with Crippen molar-refractivity contribution in [2.45, 2.75) is 19.6 Å². The average Bonchev–Trinajstić information content (AvgIpc) is 3.20. The lowest BCUT2D eigenvalue weighted by Gasteiger charge is -2.15. The molecular formula is C20H17BrFN3O3. The summed E-state index contributed by atoms with van der Waals surface area (Å²) in [5.41, 5.74) is 3.35. The number of hydrogen-bond acceptors (Lipinski definition) is 3. The molecule has 1 aromatic heterocycles. The fraction of sp³-hybridized carbons (Fsp3) is 0.200. The molecule has 1 aliphatic rings. The molecule has 0 bridgehead atoms. The molecule has 2 aromatic carbocycles. The number of benzene rings is 2. The molecule has 0 saturated carbocycles. The Morgan fingerprint density at radius 2 is 2.07 bits per heavy atom. The Balaban J connectivity index is 1.81. The summed E-state index contributed by atoms with van der Waals surface area (Å²) in [5.74, 6) is 0.334. The van der Waals surface area contributed by atoms with E-state index in [1.165, 1.54) is 11.0 Å². The lowest BCUT2D eigenvalue weighted by Crippen LogP contribution is -2.24. The van der Waals surface area contributed by atoms with Crippen LogP contribution in [-0.2, 0) is 19.6 Å². The lowest BCUT2D eigenvalue weighted by molar-refractivity contribution is 0.144. The third-order valence-electron chi connectivity index (χ3n) is 4.72. The van der Waals surface area contributed by atoms with Gasteiger partial charge in [0.25, 0.3) is 0 Å². The van der Waals surface area contributed by atoms with Crippen LogP contribution in [0.1, 0.15) is 16.8 Å². The van der Waals surface area contributed by atoms with Crippen molar-refractivity contribution in [1.29, 1.82) is 0 Å². The molecule has 0 radical (unpaired) electrons. The highest BCUT2D eigenvalue weighted by atomic mass is 79.9. The van der Waals surface area contributed by atoms with E-state index in [0.29, 0.717) is 29.2 Å². The van der Waals surface area contributed by atoms with Gasteiger partial charge in [-0.05, 0) is 35.9 Å². The maximum absolute atomic E-state index is 14.6. The number of methoxy groups -OCH3 is 1. The summed E-state index contributed by atoms with van der Waals surface area (Å²) in [4.78, 5) is 12.6. The van der Waals surface area contributed by atoms with Crippen LogP contribution in [0.4, 0.5) is 9.18 Å². The van der Waals surface area contributed by atoms with Crippen molar-refractivity contribution in [2.75, 3.05) is 7.11 Å². The molecule has 0 saturated heterocycles. The van der Waals surface area contributed by atoms with Crippen LogP contribution < -0.4 is 4.74 Å². The van der Waals surface area contributed by atoms with Crippen molar-refractivity contribution in [1.82, 2.24) is 14.7 Å². The number of ether oxygens (including phenoxy) is 1. The fourth-order valence-corrected chi connectivity index (χ4v) is 4.00. The van der Waals surface area contributed by atoms with Crippen LogP contribution in [0.25, 0.3) is 11.3 Å². The summed E-state index contributed by atoms with van der Waals surface area (Å²) < 4.78 is 22.5. The maximum Gasteiger partial charge on any atom is 0.407 e. The zero-order valence-corrected chi connectivity index (χ0v) is 16.6. The fourth-order valence-electron chi connectivity index (χ4n) is 3.48. The number of halogens is 2. The molecule has 6 nitrogen and oxygen atoms in total. The minimum atomic E-state index is -1.01. The monoisotopic (exact) mass is 445 g/mol. The van der Waals surface area contributed by atoms with E-state index in [1.807, 2.05) is 18.2 Å². The van der Waals surface area contributed by atoms with Crippen LogP contribution in [0.2, 0.25) is 0 Å². The molecule has 0 aliphatic carbocycles. The van der Waals surface area contributed by atoms with E-state index < -0.39 is 6.09 Å². The quantitative estimate of drug-likeness (QED) is 0.641. The van der Waals surface area contributed by atoms with Gasteiger partial charge >= 0.3 is 6.09 Å². The first-order valence-corrected chi connectivity index (χ1v) is 9.40. The highest BCUT2D eigenvalue weighted by Crippen LogP contribution is 2.35. The lowest BCUT2D eigenvalue weighted by atomic mass is 10.1. The number of amides is 1. The maximum atomic E-state index is 14.6. The Morgan fingerprint density at radius 3 is 2.79 bits per heavy atom. The van der Waals surface area contributed by atoms with Crippen LogP contribution in [0.15, 0.2) is 46.9 Å². The normalized spacial score (nSPS) is 12.9. The molecular weight excluding hydrogens is 429 g/mol. The van der Waals surface area contributed by atoms with E-state index in [4.69, 9.17) is 4.74 Å². The molecule has 0 unspecified atom stereocenters. The second-order valence-electron chi connectivity index (χ2n) is 6.55. The SMILES string of the molecule is COc1cc(Br)cc(Cn2nc3c(c2-c2ccccc2F)CN(C(=O)O)C3)c1. The smallest absolute Gasteiger partial charge is 0.407 e. The summed E-state index contributed by atoms with van der Waals surface area (Å²) in [6.45, 7) is 0.788. The highest BCUT2D eigenvalue weighted by molar-refractivity contribution is 9.10. The number of rotatable bonds is 4. The topological polar surface area (TPSA) is 67.6 Å². The molecule has 0 fully saturated rings. The number of hydrogen-bond donors (Lipinski definition) is 1. The van der Waals surface area contributed by atoms with E-state index in [2.05, 4.69) is 21.0 Å². The summed E-state index contributed by atoms with van der Waals surface area (Å²) in [7, 11) is 1.60. The second-order valence-corrected chi connectivity index (χ2v) is 7.46. The Bertz CT molecular complexity index is 1070. The van der Waals surface area contributed by atoms with Gasteiger partial charge in [0.05, 0.1) is 38.1 Å². The zero-order valence-electron chi connectivity index (χ0n) is 15.0. The number of nitrogens with zero attached hydrogens (tertiary/aromatic N) is 3. The third-order valence-corrected chi connectivity index (χ3v) is 5.18. The van der Waals surface area contributed by atoms with Gasteiger partial charge in [-0.25, -0.2) is 9.18 Å². The number of aromatic nitrogens is 2. The minimum Gasteiger partial charge on any atom is -0.497 e. The predicted octanol–water partition coefficient (Wildman–Crippen LogP) is 4.50. The Kier molecular flexibility index (Phi) is 4.80. The standard InChI is InChI=1S/C20H17BrFN3O3/c1-28-14-7-12(6-13(21)8-14)9-25-19(15-4-2-3-5-17(15)22)16-10-24(20(26)27)11-18(16)23-25/h2-8H,9-11H2,1H3,(H,26,27). The summed E-state index contributed by atoms with van der Waals surface area (Å²) in [6.07, 6.45) is -1.01. The molecule has 3 aromatic rings. The highest BCUT2D eigenvalue weighted by Gasteiger charge is 2.31. The van der Waals surface area contributed by atoms with Gasteiger partial charge in [0.1, 0.15) is 11.6 Å². The van der Waals surface area contributed by atoms with E-state index in [0.717, 1.165) is 15.6 Å². The van der Waals surface area contributed by atoms with Gasteiger partial charge in [0, 0.05) is 15.6 Å². The van der Waals surface area contributed by atoms with Gasteiger partial charge in [-0.15, -0.1) is 0 Å². The molecule has 28 heavy (non-hydrogen) atoms. The van der Waals surface area contributed by atoms with Gasteiger partial charge in [-0.3, -0.25) is 9.58 Å². The molecule has 144 valence electrons. The van der Waals surface area contributed by atoms with Gasteiger partial charge in [-0.2, -0.15) is 5.10 Å². The van der Waals surface area contributed by atoms with Crippen molar-refractivity contribution in [3.63, 3.8) is 0 Å². The molecule has 1 amide bonds. The molecule has 1 N–H and O–H groups in total. The van der Waals surface area contributed by atoms with Crippen LogP contribution in [-0.4, -0.2) is 33.0 Å². The zero-order chi connectivity index (χ0) is 19.8. The van der Waals surface area contributed by atoms with Gasteiger partial charge in [-0.1, -0.05) is 28.1 Å². The first-order valence-electron chi connectivity index (χ1n) is 8.61. The molecule has 1 aliphatic heterocycles. The van der Waals surface area contributed by atoms with Crippen LogP contribution in [0, 0.1) is 5.82 Å². The molecule has 2 heterocycles. The van der Waals surface area contributed by atoms with Crippen LogP contribution in [0.5, 0.6) is 5.75 Å². The second kappa shape index (κ2) is 7.27. The van der Waals surface area contributed by atoms with Gasteiger partial charge < -0.3 is 9.84 Å². The Morgan fingerprint density at radius 1 is 1.29 bits per heavy atom. The van der Waals surface area contributed by atoms with E-state index >= 15 is 0 Å². The number of carbonyl (C=O) groups is 1. The van der Waals surface area contributed by atoms with E-state index in [1.54, 1.807) is 30.0 Å². The van der Waals surface area contributed by atoms with Crippen LogP contribution >= 0.6 is 15.9 Å². The van der Waals surface area contributed by atoms with Gasteiger partial charge in [0.2, 0.25) is 0 Å². The molecule has 4 rings (SSSR count). The Hall–Kier alpha value is -2.87. The van der Waals surface area contributed by atoms with E-state index in [-0.39, 0.29) is 18.9 Å². The largest absolute Gasteiger partial charge is 0.497 e. The van der Waals surface area contributed by atoms with Crippen molar-refractivity contribution in [2.24, 2.45) is 0 Å². The van der Waals surface area contributed by atoms with Crippen LogP contribution in [0.3, 0.4) is 0 Å². The summed E-state index contributed by atoms with van der Waals surface area (Å²) in [6, 6.07) is 12.2. The van der Waals surface area contributed by atoms with Crippen molar-refractivity contribution < 1.29 is 19.0 Å². The predicted molar refractivity (Wildman–Crippen MR) is 105 cm³/mol. The summed E-state index contributed by atoms with van der Waals surface area (Å²) >= 11 is 3.47. The number of carboxylic acid groups (broad SMARTS) is 1. The summed E-state index contributed by atoms with van der Waals surface area (Å²) in [5, 5.41) is 13.9. The molecule has 8 heteroatoms. The Labute approximate surface area is 169 Å². The minimum absolute atomic E-state index is 0.191. The number of fused-ring (bicyclic) bond motifs is 1. The third kappa shape index (κ3) is 3.35. The van der Waals surface area contributed by atoms with Crippen molar-refractivity contribution in [3.8, 4) is 17.0 Å². The van der Waals surface area contributed by atoms with Crippen molar-refractivity contribution >= 4 is 22.0 Å². The van der Waals surface area contributed by atoms with E-state index in [9.17, 15) is 14.3 Å². The molecule has 0 spiro atoms.